The van der Waals surface area contributed by atoms with E-state index in [1.165, 1.54) is 7.11 Å². The lowest BCUT2D eigenvalue weighted by molar-refractivity contribution is 0.0500. The minimum atomic E-state index is -0.556. The van der Waals surface area contributed by atoms with Gasteiger partial charge in [0, 0.05) is 18.7 Å². The zero-order valence-electron chi connectivity index (χ0n) is 11.9. The Bertz CT molecular complexity index is 533. The van der Waals surface area contributed by atoms with Crippen molar-refractivity contribution in [3.63, 3.8) is 0 Å². The first-order valence-corrected chi connectivity index (χ1v) is 6.25. The minimum Gasteiger partial charge on any atom is -0.483 e. The van der Waals surface area contributed by atoms with E-state index in [4.69, 9.17) is 18.9 Å². The summed E-state index contributed by atoms with van der Waals surface area (Å²) in [6.45, 7) is 7.80. The number of hydrogen-bond donors (Lipinski definition) is 0. The molecule has 2 rings (SSSR count). The summed E-state index contributed by atoms with van der Waals surface area (Å²) in [4.78, 5) is 11.7. The molecule has 0 aliphatic carbocycles. The molecule has 20 heavy (non-hydrogen) atoms. The van der Waals surface area contributed by atoms with E-state index in [-0.39, 0.29) is 19.4 Å². The van der Waals surface area contributed by atoms with Crippen LogP contribution in [0.4, 0.5) is 0 Å². The van der Waals surface area contributed by atoms with Gasteiger partial charge in [-0.05, 0) is 26.0 Å². The molecule has 1 heterocycles. The molecular formula is C15H18O5. The van der Waals surface area contributed by atoms with Crippen LogP contribution in [0.5, 0.6) is 11.5 Å². The highest BCUT2D eigenvalue weighted by Gasteiger charge is 2.28. The first-order valence-electron chi connectivity index (χ1n) is 6.25. The van der Waals surface area contributed by atoms with Crippen LogP contribution in [0.1, 0.15) is 29.8 Å². The second kappa shape index (κ2) is 5.54. The van der Waals surface area contributed by atoms with Crippen molar-refractivity contribution >= 4 is 5.97 Å². The SMILES string of the molecule is C=CC(C)(C)Oc1cc(OCOC)cc2c1COC2=O. The fourth-order valence-corrected chi connectivity index (χ4v) is 1.79. The zero-order chi connectivity index (χ0) is 14.8. The van der Waals surface area contributed by atoms with Crippen molar-refractivity contribution in [3.05, 3.63) is 35.9 Å². The monoisotopic (exact) mass is 278 g/mol. The number of hydrogen-bond acceptors (Lipinski definition) is 5. The Kier molecular flexibility index (Phi) is 3.99. The van der Waals surface area contributed by atoms with Gasteiger partial charge in [0.1, 0.15) is 23.7 Å². The zero-order valence-corrected chi connectivity index (χ0v) is 11.9. The topological polar surface area (TPSA) is 54.0 Å². The molecule has 0 N–H and O–H groups in total. The summed E-state index contributed by atoms with van der Waals surface area (Å²) < 4.78 is 21.2. The number of ether oxygens (including phenoxy) is 4. The van der Waals surface area contributed by atoms with Gasteiger partial charge < -0.3 is 18.9 Å². The van der Waals surface area contributed by atoms with E-state index in [0.717, 1.165) is 5.56 Å². The molecule has 5 nitrogen and oxygen atoms in total. The third-order valence-electron chi connectivity index (χ3n) is 2.96. The number of cyclic esters (lactones) is 1. The average Bonchev–Trinajstić information content (AvgIpc) is 2.78. The molecule has 0 atom stereocenters. The number of esters is 1. The molecule has 1 aliphatic rings. The van der Waals surface area contributed by atoms with Crippen LogP contribution < -0.4 is 9.47 Å². The van der Waals surface area contributed by atoms with Gasteiger partial charge in [-0.2, -0.15) is 0 Å². The van der Waals surface area contributed by atoms with E-state index >= 15 is 0 Å². The summed E-state index contributed by atoms with van der Waals surface area (Å²) in [5, 5.41) is 0. The van der Waals surface area contributed by atoms with Crippen LogP contribution in [-0.2, 0) is 16.1 Å². The molecular weight excluding hydrogens is 260 g/mol. The summed E-state index contributed by atoms with van der Waals surface area (Å²) >= 11 is 0. The molecule has 108 valence electrons. The molecule has 0 amide bonds. The fourth-order valence-electron chi connectivity index (χ4n) is 1.79. The van der Waals surface area contributed by atoms with Crippen molar-refractivity contribution in [2.45, 2.75) is 26.1 Å². The largest absolute Gasteiger partial charge is 0.483 e. The summed E-state index contributed by atoms with van der Waals surface area (Å²) in [7, 11) is 1.53. The number of carbonyl (C=O) groups excluding carboxylic acids is 1. The average molecular weight is 278 g/mol. The summed E-state index contributed by atoms with van der Waals surface area (Å²) in [6.07, 6.45) is 1.69. The first-order chi connectivity index (χ1) is 9.46. The minimum absolute atomic E-state index is 0.0954. The van der Waals surface area contributed by atoms with E-state index < -0.39 is 5.60 Å². The van der Waals surface area contributed by atoms with E-state index in [0.29, 0.717) is 17.1 Å². The van der Waals surface area contributed by atoms with Crippen molar-refractivity contribution in [2.75, 3.05) is 13.9 Å². The molecule has 0 unspecified atom stereocenters. The lowest BCUT2D eigenvalue weighted by atomic mass is 10.1. The smallest absolute Gasteiger partial charge is 0.339 e. The Labute approximate surface area is 118 Å². The quantitative estimate of drug-likeness (QED) is 0.455. The van der Waals surface area contributed by atoms with E-state index in [9.17, 15) is 4.79 Å². The van der Waals surface area contributed by atoms with Crippen molar-refractivity contribution in [1.82, 2.24) is 0 Å². The molecule has 0 bridgehead atoms. The van der Waals surface area contributed by atoms with Crippen LogP contribution in [0.15, 0.2) is 24.8 Å². The highest BCUT2D eigenvalue weighted by molar-refractivity contribution is 5.94. The van der Waals surface area contributed by atoms with Crippen LogP contribution in [0, 0.1) is 0 Å². The lowest BCUT2D eigenvalue weighted by Gasteiger charge is -2.24. The van der Waals surface area contributed by atoms with Gasteiger partial charge in [-0.25, -0.2) is 4.79 Å². The number of fused-ring (bicyclic) bond motifs is 1. The maximum Gasteiger partial charge on any atom is 0.339 e. The van der Waals surface area contributed by atoms with E-state index in [1.807, 2.05) is 13.8 Å². The molecule has 1 aromatic rings. The van der Waals surface area contributed by atoms with Crippen LogP contribution in [0.2, 0.25) is 0 Å². The molecule has 0 saturated heterocycles. The van der Waals surface area contributed by atoms with Gasteiger partial charge in [0.2, 0.25) is 0 Å². The highest BCUT2D eigenvalue weighted by atomic mass is 16.7. The van der Waals surface area contributed by atoms with Crippen LogP contribution in [-0.4, -0.2) is 25.5 Å². The second-order valence-corrected chi connectivity index (χ2v) is 4.98. The predicted octanol–water partition coefficient (Wildman–Crippen LogP) is 2.68. The third kappa shape index (κ3) is 2.93. The number of methoxy groups -OCH3 is 1. The lowest BCUT2D eigenvalue weighted by Crippen LogP contribution is -2.25. The van der Waals surface area contributed by atoms with Gasteiger partial charge in [-0.1, -0.05) is 6.58 Å². The standard InChI is InChI=1S/C15H18O5/c1-5-15(2,3)20-13-7-10(19-9-17-4)6-11-12(13)8-18-14(11)16/h5-7H,1,8-9H2,2-4H3. The molecule has 0 saturated carbocycles. The van der Waals surface area contributed by atoms with E-state index in [2.05, 4.69) is 6.58 Å². The molecule has 1 aromatic carbocycles. The molecule has 0 fully saturated rings. The Balaban J connectivity index is 2.38. The molecule has 1 aliphatic heterocycles. The van der Waals surface area contributed by atoms with Gasteiger partial charge in [-0.3, -0.25) is 0 Å². The van der Waals surface area contributed by atoms with Gasteiger partial charge in [0.25, 0.3) is 0 Å². The highest BCUT2D eigenvalue weighted by Crippen LogP contribution is 2.36. The van der Waals surface area contributed by atoms with Crippen LogP contribution in [0.25, 0.3) is 0 Å². The maximum absolute atomic E-state index is 11.7. The Morgan fingerprint density at radius 2 is 2.20 bits per heavy atom. The van der Waals surface area contributed by atoms with Gasteiger partial charge >= 0.3 is 5.97 Å². The summed E-state index contributed by atoms with van der Waals surface area (Å²) in [5.41, 5.74) is 0.641. The second-order valence-electron chi connectivity index (χ2n) is 4.98. The molecule has 0 aromatic heterocycles. The number of carbonyl (C=O) groups is 1. The normalized spacial score (nSPS) is 13.7. The summed E-state index contributed by atoms with van der Waals surface area (Å²) in [6, 6.07) is 3.36. The first kappa shape index (κ1) is 14.4. The molecule has 0 radical (unpaired) electrons. The fraction of sp³-hybridized carbons (Fsp3) is 0.400. The van der Waals surface area contributed by atoms with E-state index in [1.54, 1.807) is 18.2 Å². The van der Waals surface area contributed by atoms with Crippen LogP contribution in [0.3, 0.4) is 0 Å². The van der Waals surface area contributed by atoms with Gasteiger partial charge in [0.15, 0.2) is 6.79 Å². The van der Waals surface area contributed by atoms with Crippen molar-refractivity contribution < 1.29 is 23.7 Å². The Hall–Kier alpha value is -2.01. The number of benzene rings is 1. The Morgan fingerprint density at radius 3 is 2.85 bits per heavy atom. The summed E-state index contributed by atoms with van der Waals surface area (Å²) in [5.74, 6) is 0.688. The van der Waals surface area contributed by atoms with Crippen LogP contribution >= 0.6 is 0 Å². The third-order valence-corrected chi connectivity index (χ3v) is 2.96. The molecule has 5 heteroatoms. The maximum atomic E-state index is 11.7. The predicted molar refractivity (Wildman–Crippen MR) is 73.0 cm³/mol. The van der Waals surface area contributed by atoms with Crippen molar-refractivity contribution in [3.8, 4) is 11.5 Å². The molecule has 0 spiro atoms. The van der Waals surface area contributed by atoms with Crippen molar-refractivity contribution in [2.24, 2.45) is 0 Å². The van der Waals surface area contributed by atoms with Gasteiger partial charge in [0.05, 0.1) is 5.56 Å². The number of rotatable bonds is 6. The van der Waals surface area contributed by atoms with Gasteiger partial charge in [-0.15, -0.1) is 0 Å². The van der Waals surface area contributed by atoms with Crippen molar-refractivity contribution in [1.29, 1.82) is 0 Å². The Morgan fingerprint density at radius 1 is 1.45 bits per heavy atom.